The molecule has 4 atom stereocenters. The van der Waals surface area contributed by atoms with Gasteiger partial charge in [0, 0.05) is 33.8 Å². The molecule has 1 amide bonds. The van der Waals surface area contributed by atoms with Gasteiger partial charge in [-0.25, -0.2) is 0 Å². The van der Waals surface area contributed by atoms with E-state index in [9.17, 15) is 14.9 Å². The molecule has 3 aliphatic heterocycles. The molecule has 6 rings (SSSR count). The van der Waals surface area contributed by atoms with Crippen LogP contribution in [0.3, 0.4) is 0 Å². The van der Waals surface area contributed by atoms with Gasteiger partial charge in [0.2, 0.25) is 0 Å². The van der Waals surface area contributed by atoms with Crippen LogP contribution in [0, 0.1) is 10.1 Å². The normalized spacial score (nSPS) is 27.0. The number of halogens is 1. The molecule has 35 heavy (non-hydrogen) atoms. The maximum Gasteiger partial charge on any atom is 0.256 e. The zero-order valence-corrected chi connectivity index (χ0v) is 19.6. The van der Waals surface area contributed by atoms with Gasteiger partial charge >= 0.3 is 0 Å². The van der Waals surface area contributed by atoms with E-state index in [1.807, 2.05) is 72.8 Å². The second kappa shape index (κ2) is 8.36. The van der Waals surface area contributed by atoms with Crippen molar-refractivity contribution in [3.05, 3.63) is 105 Å². The van der Waals surface area contributed by atoms with Gasteiger partial charge in [0.15, 0.2) is 5.54 Å². The molecule has 0 bridgehead atoms. The van der Waals surface area contributed by atoms with Crippen LogP contribution >= 0.6 is 11.6 Å². The maximum absolute atomic E-state index is 13.5. The lowest BCUT2D eigenvalue weighted by molar-refractivity contribution is -0.534. The van der Waals surface area contributed by atoms with Crippen LogP contribution in [0.25, 0.3) is 0 Å². The van der Waals surface area contributed by atoms with Gasteiger partial charge in [-0.05, 0) is 54.3 Å². The Hall–Kier alpha value is -3.42. The highest BCUT2D eigenvalue weighted by molar-refractivity contribution is 6.30. The highest BCUT2D eigenvalue weighted by Crippen LogP contribution is 2.58. The van der Waals surface area contributed by atoms with E-state index >= 15 is 0 Å². The summed E-state index contributed by atoms with van der Waals surface area (Å²) in [5.41, 5.74) is 1.94. The van der Waals surface area contributed by atoms with Crippen LogP contribution in [-0.4, -0.2) is 34.4 Å². The average molecular weight is 490 g/mol. The minimum Gasteiger partial charge on any atom is -0.489 e. The highest BCUT2D eigenvalue weighted by atomic mass is 35.5. The lowest BCUT2D eigenvalue weighted by atomic mass is 9.77. The standard InChI is InChI=1S/C27H24ClN3O4/c28-19-11-7-17(8-12-19)16-35-20-13-9-18(10-14-20)24-23-6-3-15-30(23)27(25(24)31(33)34)21-4-1-2-5-22(21)29-26(27)32/h1-2,4-5,7-14,23-25H,3,6,15-16H2,(H,29,32)/t23-,24-,25+,27-/m0/s1. The zero-order valence-electron chi connectivity index (χ0n) is 18.9. The molecular weight excluding hydrogens is 466 g/mol. The zero-order chi connectivity index (χ0) is 24.2. The molecule has 3 aliphatic rings. The topological polar surface area (TPSA) is 84.7 Å². The molecular formula is C27H24ClN3O4. The molecule has 7 nitrogen and oxygen atoms in total. The fourth-order valence-corrected chi connectivity index (χ4v) is 6.43. The lowest BCUT2D eigenvalue weighted by Gasteiger charge is -2.32. The summed E-state index contributed by atoms with van der Waals surface area (Å²) in [4.78, 5) is 28.0. The van der Waals surface area contributed by atoms with Crippen molar-refractivity contribution in [2.24, 2.45) is 0 Å². The number of nitrogens with one attached hydrogen (secondary N) is 1. The number of ether oxygens (including phenoxy) is 1. The Labute approximate surface area is 207 Å². The molecule has 0 aromatic heterocycles. The summed E-state index contributed by atoms with van der Waals surface area (Å²) < 4.78 is 5.92. The first-order chi connectivity index (χ1) is 17.0. The Kier molecular flexibility index (Phi) is 5.27. The molecule has 1 N–H and O–H groups in total. The molecule has 0 unspecified atom stereocenters. The SMILES string of the molecule is O=C1Nc2ccccc2[C@]12[C@H]([N+](=O)[O-])[C@@H](c1ccc(OCc3ccc(Cl)cc3)cc1)[C@@H]1CCCN12. The van der Waals surface area contributed by atoms with Crippen molar-refractivity contribution in [2.75, 3.05) is 11.9 Å². The molecule has 3 aromatic rings. The van der Waals surface area contributed by atoms with Crippen LogP contribution in [-0.2, 0) is 16.9 Å². The minimum atomic E-state index is -1.30. The summed E-state index contributed by atoms with van der Waals surface area (Å²) >= 11 is 5.95. The smallest absolute Gasteiger partial charge is 0.256 e. The quantitative estimate of drug-likeness (QED) is 0.404. The van der Waals surface area contributed by atoms with Crippen molar-refractivity contribution in [3.63, 3.8) is 0 Å². The third kappa shape index (κ3) is 3.33. The average Bonchev–Trinajstić information content (AvgIpc) is 3.52. The van der Waals surface area contributed by atoms with Crippen LogP contribution in [0.15, 0.2) is 72.8 Å². The number of amides is 1. The third-order valence-corrected chi connectivity index (χ3v) is 7.93. The van der Waals surface area contributed by atoms with Gasteiger partial charge in [0.25, 0.3) is 11.9 Å². The number of nitro groups is 1. The number of benzene rings is 3. The van der Waals surface area contributed by atoms with Crippen molar-refractivity contribution in [1.29, 1.82) is 0 Å². The molecule has 0 radical (unpaired) electrons. The first-order valence-electron chi connectivity index (χ1n) is 11.8. The van der Waals surface area contributed by atoms with E-state index in [0.29, 0.717) is 35.2 Å². The molecule has 1 spiro atoms. The van der Waals surface area contributed by atoms with E-state index in [0.717, 1.165) is 24.0 Å². The Morgan fingerprint density at radius 1 is 1.09 bits per heavy atom. The summed E-state index contributed by atoms with van der Waals surface area (Å²) in [6, 6.07) is 21.2. The number of nitrogens with zero attached hydrogens (tertiary/aromatic N) is 2. The summed E-state index contributed by atoms with van der Waals surface area (Å²) in [7, 11) is 0. The molecule has 0 aliphatic carbocycles. The van der Waals surface area contributed by atoms with E-state index in [4.69, 9.17) is 16.3 Å². The Morgan fingerprint density at radius 3 is 2.57 bits per heavy atom. The van der Waals surface area contributed by atoms with Crippen LogP contribution in [0.1, 0.15) is 35.4 Å². The van der Waals surface area contributed by atoms with E-state index in [2.05, 4.69) is 10.2 Å². The minimum absolute atomic E-state index is 0.0804. The molecule has 2 fully saturated rings. The third-order valence-electron chi connectivity index (χ3n) is 7.68. The second-order valence-corrected chi connectivity index (χ2v) is 9.85. The van der Waals surface area contributed by atoms with E-state index in [1.54, 1.807) is 0 Å². The lowest BCUT2D eigenvalue weighted by Crippen LogP contribution is -2.55. The van der Waals surface area contributed by atoms with Gasteiger partial charge in [-0.15, -0.1) is 0 Å². The van der Waals surface area contributed by atoms with Gasteiger partial charge < -0.3 is 10.1 Å². The predicted octanol–water partition coefficient (Wildman–Crippen LogP) is 4.97. The number of fused-ring (bicyclic) bond motifs is 4. The number of hydrogen-bond donors (Lipinski definition) is 1. The van der Waals surface area contributed by atoms with E-state index in [-0.39, 0.29) is 16.9 Å². The number of para-hydroxylation sites is 1. The van der Waals surface area contributed by atoms with Crippen LogP contribution in [0.4, 0.5) is 5.69 Å². The number of carbonyl (C=O) groups is 1. The fraction of sp³-hybridized carbons (Fsp3) is 0.296. The molecule has 8 heteroatoms. The molecule has 3 aromatic carbocycles. The van der Waals surface area contributed by atoms with Gasteiger partial charge in [-0.1, -0.05) is 54.1 Å². The Balaban J connectivity index is 1.34. The van der Waals surface area contributed by atoms with Crippen LogP contribution in [0.5, 0.6) is 5.75 Å². The van der Waals surface area contributed by atoms with E-state index < -0.39 is 17.5 Å². The number of carbonyl (C=O) groups excluding carboxylic acids is 1. The van der Waals surface area contributed by atoms with Crippen LogP contribution < -0.4 is 10.1 Å². The maximum atomic E-state index is 13.5. The molecule has 178 valence electrons. The van der Waals surface area contributed by atoms with Gasteiger partial charge in [-0.2, -0.15) is 0 Å². The number of rotatable bonds is 5. The number of anilines is 1. The van der Waals surface area contributed by atoms with Crippen LogP contribution in [0.2, 0.25) is 5.02 Å². The first kappa shape index (κ1) is 22.1. The van der Waals surface area contributed by atoms with Gasteiger partial charge in [0.1, 0.15) is 12.4 Å². The Bertz CT molecular complexity index is 1300. The molecule has 2 saturated heterocycles. The van der Waals surface area contributed by atoms with Crippen molar-refractivity contribution >= 4 is 23.2 Å². The monoisotopic (exact) mass is 489 g/mol. The second-order valence-electron chi connectivity index (χ2n) is 9.41. The van der Waals surface area contributed by atoms with Crippen molar-refractivity contribution < 1.29 is 14.5 Å². The van der Waals surface area contributed by atoms with Crippen molar-refractivity contribution in [2.45, 2.75) is 43.0 Å². The molecule has 3 heterocycles. The van der Waals surface area contributed by atoms with Crippen molar-refractivity contribution in [3.8, 4) is 5.75 Å². The van der Waals surface area contributed by atoms with Gasteiger partial charge in [0.05, 0.1) is 5.92 Å². The largest absolute Gasteiger partial charge is 0.489 e. The fourth-order valence-electron chi connectivity index (χ4n) is 6.31. The first-order valence-corrected chi connectivity index (χ1v) is 12.2. The van der Waals surface area contributed by atoms with E-state index in [1.165, 1.54) is 0 Å². The summed E-state index contributed by atoms with van der Waals surface area (Å²) in [6.45, 7) is 1.06. The summed E-state index contributed by atoms with van der Waals surface area (Å²) in [5.74, 6) is -0.0197. The summed E-state index contributed by atoms with van der Waals surface area (Å²) in [5, 5.41) is 16.3. The highest BCUT2D eigenvalue weighted by Gasteiger charge is 2.73. The predicted molar refractivity (Wildman–Crippen MR) is 132 cm³/mol. The molecule has 0 saturated carbocycles. The van der Waals surface area contributed by atoms with Crippen molar-refractivity contribution in [1.82, 2.24) is 4.90 Å². The van der Waals surface area contributed by atoms with Gasteiger partial charge in [-0.3, -0.25) is 19.8 Å². The summed E-state index contributed by atoms with van der Waals surface area (Å²) in [6.07, 6.45) is 1.73. The Morgan fingerprint density at radius 2 is 1.83 bits per heavy atom. The number of hydrogen-bond acceptors (Lipinski definition) is 5.